The molecule has 1 saturated heterocycles. The fourth-order valence-electron chi connectivity index (χ4n) is 2.38. The summed E-state index contributed by atoms with van der Waals surface area (Å²) in [6, 6.07) is 1.89. The molecule has 1 amide bonds. The summed E-state index contributed by atoms with van der Waals surface area (Å²) in [5, 5.41) is 4.59. The number of Topliss-reactive ketones (excluding diaryl/α,β-unsaturated/α-hetero) is 1. The van der Waals surface area contributed by atoms with Crippen molar-refractivity contribution in [3.63, 3.8) is 0 Å². The van der Waals surface area contributed by atoms with Crippen molar-refractivity contribution in [2.45, 2.75) is 12.8 Å². The predicted octanol–water partition coefficient (Wildman–Crippen LogP) is 2.15. The molecule has 2 heterocycles. The average Bonchev–Trinajstić information content (AvgIpc) is 2.84. The van der Waals surface area contributed by atoms with Crippen LogP contribution in [0.1, 0.15) is 22.5 Å². The topological polar surface area (TPSA) is 49.4 Å². The van der Waals surface area contributed by atoms with Crippen LogP contribution in [0.4, 0.5) is 0 Å². The van der Waals surface area contributed by atoms with Crippen LogP contribution in [0.5, 0.6) is 0 Å². The number of thiophene rings is 1. The highest BCUT2D eigenvalue weighted by atomic mass is 79.9. The third kappa shape index (κ3) is 3.64. The number of carbonyl (C=O) groups excluding carboxylic acids is 2. The molecule has 1 aromatic heterocycles. The van der Waals surface area contributed by atoms with Gasteiger partial charge in [-0.1, -0.05) is 0 Å². The third-order valence-electron chi connectivity index (χ3n) is 3.36. The Kier molecular flexibility index (Phi) is 5.13. The maximum atomic E-state index is 12.2. The molecule has 0 aliphatic carbocycles. The Bertz CT molecular complexity index is 475. The minimum atomic E-state index is 0.0123. The standard InChI is InChI=1S/C13H17BrN2O2S/c1-15-13(18)9-3-2-5-16(7-9)8-11(17)12-10(14)4-6-19-12/h4,6,9H,2-3,5,7-8H2,1H3,(H,15,18). The molecule has 1 aliphatic rings. The summed E-state index contributed by atoms with van der Waals surface area (Å²) in [4.78, 5) is 26.7. The number of amides is 1. The second kappa shape index (κ2) is 6.63. The zero-order chi connectivity index (χ0) is 13.8. The Hall–Kier alpha value is -0.720. The molecule has 1 fully saturated rings. The number of halogens is 1. The Balaban J connectivity index is 1.94. The summed E-state index contributed by atoms with van der Waals surface area (Å²) in [5.41, 5.74) is 0. The number of piperidine rings is 1. The molecule has 0 saturated carbocycles. The monoisotopic (exact) mass is 344 g/mol. The zero-order valence-electron chi connectivity index (χ0n) is 10.8. The number of ketones is 1. The Morgan fingerprint density at radius 3 is 3.00 bits per heavy atom. The molecule has 2 rings (SSSR count). The van der Waals surface area contributed by atoms with Crippen LogP contribution >= 0.6 is 27.3 Å². The molecule has 0 bridgehead atoms. The van der Waals surface area contributed by atoms with E-state index in [1.54, 1.807) is 7.05 Å². The Labute approximate surface area is 125 Å². The van der Waals surface area contributed by atoms with Crippen molar-refractivity contribution in [3.05, 3.63) is 20.8 Å². The first-order valence-electron chi connectivity index (χ1n) is 6.32. The lowest BCUT2D eigenvalue weighted by Gasteiger charge is -2.31. The highest BCUT2D eigenvalue weighted by Gasteiger charge is 2.26. The summed E-state index contributed by atoms with van der Waals surface area (Å²) in [6.45, 7) is 1.96. The molecule has 6 heteroatoms. The molecular formula is C13H17BrN2O2S. The van der Waals surface area contributed by atoms with Crippen molar-refractivity contribution in [2.75, 3.05) is 26.7 Å². The molecule has 104 valence electrons. The number of likely N-dealkylation sites (tertiary alicyclic amines) is 1. The van der Waals surface area contributed by atoms with E-state index in [9.17, 15) is 9.59 Å². The maximum Gasteiger partial charge on any atom is 0.224 e. The van der Waals surface area contributed by atoms with Gasteiger partial charge in [0.15, 0.2) is 5.78 Å². The quantitative estimate of drug-likeness (QED) is 0.851. The Morgan fingerprint density at radius 1 is 1.58 bits per heavy atom. The molecule has 1 N–H and O–H groups in total. The Morgan fingerprint density at radius 2 is 2.37 bits per heavy atom. The fourth-order valence-corrected chi connectivity index (χ4v) is 3.91. The summed E-state index contributed by atoms with van der Waals surface area (Å²) in [7, 11) is 1.66. The van der Waals surface area contributed by atoms with E-state index < -0.39 is 0 Å². The van der Waals surface area contributed by atoms with Gasteiger partial charge in [-0.3, -0.25) is 14.5 Å². The lowest BCUT2D eigenvalue weighted by Crippen LogP contribution is -2.43. The van der Waals surface area contributed by atoms with E-state index >= 15 is 0 Å². The van der Waals surface area contributed by atoms with E-state index in [4.69, 9.17) is 0 Å². The van der Waals surface area contributed by atoms with Crippen LogP contribution in [0.15, 0.2) is 15.9 Å². The minimum absolute atomic E-state index is 0.0123. The van der Waals surface area contributed by atoms with Gasteiger partial charge in [0.05, 0.1) is 17.3 Å². The number of hydrogen-bond acceptors (Lipinski definition) is 4. The smallest absolute Gasteiger partial charge is 0.224 e. The second-order valence-corrected chi connectivity index (χ2v) is 6.48. The van der Waals surface area contributed by atoms with Gasteiger partial charge in [0.25, 0.3) is 0 Å². The van der Waals surface area contributed by atoms with E-state index in [0.717, 1.165) is 28.7 Å². The van der Waals surface area contributed by atoms with Crippen molar-refractivity contribution >= 4 is 39.0 Å². The zero-order valence-corrected chi connectivity index (χ0v) is 13.2. The first-order valence-corrected chi connectivity index (χ1v) is 7.99. The molecule has 4 nitrogen and oxygen atoms in total. The molecular weight excluding hydrogens is 328 g/mol. The number of nitrogens with one attached hydrogen (secondary N) is 1. The number of nitrogens with zero attached hydrogens (tertiary/aromatic N) is 1. The van der Waals surface area contributed by atoms with Crippen LogP contribution in [0.3, 0.4) is 0 Å². The molecule has 0 aromatic carbocycles. The van der Waals surface area contributed by atoms with Gasteiger partial charge in [-0.15, -0.1) is 11.3 Å². The predicted molar refractivity (Wildman–Crippen MR) is 79.6 cm³/mol. The number of rotatable bonds is 4. The van der Waals surface area contributed by atoms with Crippen molar-refractivity contribution in [1.82, 2.24) is 10.2 Å². The van der Waals surface area contributed by atoms with E-state index in [0.29, 0.717) is 13.1 Å². The van der Waals surface area contributed by atoms with Crippen molar-refractivity contribution in [2.24, 2.45) is 5.92 Å². The second-order valence-electron chi connectivity index (χ2n) is 4.71. The normalized spacial score (nSPS) is 20.2. The van der Waals surface area contributed by atoms with Crippen LogP contribution in [-0.4, -0.2) is 43.3 Å². The van der Waals surface area contributed by atoms with Crippen molar-refractivity contribution in [1.29, 1.82) is 0 Å². The van der Waals surface area contributed by atoms with Gasteiger partial charge >= 0.3 is 0 Å². The van der Waals surface area contributed by atoms with E-state index in [-0.39, 0.29) is 17.6 Å². The average molecular weight is 345 g/mol. The van der Waals surface area contributed by atoms with Crippen LogP contribution < -0.4 is 5.32 Å². The molecule has 1 aromatic rings. The van der Waals surface area contributed by atoms with E-state index in [2.05, 4.69) is 26.1 Å². The summed E-state index contributed by atoms with van der Waals surface area (Å²) < 4.78 is 0.863. The molecule has 0 spiro atoms. The van der Waals surface area contributed by atoms with Crippen LogP contribution in [0, 0.1) is 5.92 Å². The lowest BCUT2D eigenvalue weighted by molar-refractivity contribution is -0.126. The summed E-state index contributed by atoms with van der Waals surface area (Å²) in [6.07, 6.45) is 1.88. The first-order chi connectivity index (χ1) is 9.11. The van der Waals surface area contributed by atoms with Gasteiger partial charge < -0.3 is 5.32 Å². The largest absolute Gasteiger partial charge is 0.359 e. The maximum absolute atomic E-state index is 12.2. The van der Waals surface area contributed by atoms with E-state index in [1.165, 1.54) is 11.3 Å². The fraction of sp³-hybridized carbons (Fsp3) is 0.538. The van der Waals surface area contributed by atoms with Gasteiger partial charge in [-0.2, -0.15) is 0 Å². The van der Waals surface area contributed by atoms with Gasteiger partial charge in [-0.05, 0) is 46.8 Å². The summed E-state index contributed by atoms with van der Waals surface area (Å²) >= 11 is 4.84. The lowest BCUT2D eigenvalue weighted by atomic mass is 9.97. The van der Waals surface area contributed by atoms with Crippen LogP contribution in [-0.2, 0) is 4.79 Å². The van der Waals surface area contributed by atoms with Gasteiger partial charge in [0.2, 0.25) is 5.91 Å². The molecule has 1 atom stereocenters. The number of hydrogen-bond donors (Lipinski definition) is 1. The third-order valence-corrected chi connectivity index (χ3v) is 5.24. The minimum Gasteiger partial charge on any atom is -0.359 e. The number of carbonyl (C=O) groups is 2. The highest BCUT2D eigenvalue weighted by Crippen LogP contribution is 2.24. The van der Waals surface area contributed by atoms with Crippen LogP contribution in [0.25, 0.3) is 0 Å². The molecule has 0 radical (unpaired) electrons. The highest BCUT2D eigenvalue weighted by molar-refractivity contribution is 9.10. The van der Waals surface area contributed by atoms with Gasteiger partial charge in [0.1, 0.15) is 0 Å². The molecule has 19 heavy (non-hydrogen) atoms. The van der Waals surface area contributed by atoms with Gasteiger partial charge in [0, 0.05) is 18.1 Å². The van der Waals surface area contributed by atoms with Crippen molar-refractivity contribution in [3.8, 4) is 0 Å². The van der Waals surface area contributed by atoms with E-state index in [1.807, 2.05) is 11.4 Å². The molecule has 1 aliphatic heterocycles. The van der Waals surface area contributed by atoms with Crippen LogP contribution in [0.2, 0.25) is 0 Å². The first kappa shape index (κ1) is 14.7. The molecule has 1 unspecified atom stereocenters. The van der Waals surface area contributed by atoms with Gasteiger partial charge in [-0.25, -0.2) is 0 Å². The van der Waals surface area contributed by atoms with Crippen molar-refractivity contribution < 1.29 is 9.59 Å². The SMILES string of the molecule is CNC(=O)C1CCCN(CC(=O)c2sccc2Br)C1. The summed E-state index contributed by atoms with van der Waals surface area (Å²) in [5.74, 6) is 0.215.